The Hall–Kier alpha value is -1.53. The summed E-state index contributed by atoms with van der Waals surface area (Å²) in [5.41, 5.74) is 6.59. The first kappa shape index (κ1) is 15.9. The normalized spacial score (nSPS) is 10.2. The molecule has 0 unspecified atom stereocenters. The van der Waals surface area contributed by atoms with E-state index in [1.807, 2.05) is 12.1 Å². The Labute approximate surface area is 139 Å². The fourth-order valence-corrected chi connectivity index (χ4v) is 2.83. The van der Waals surface area contributed by atoms with Crippen molar-refractivity contribution in [1.82, 2.24) is 0 Å². The van der Waals surface area contributed by atoms with Gasteiger partial charge in [0.1, 0.15) is 11.3 Å². The second-order valence-electron chi connectivity index (χ2n) is 4.12. The minimum absolute atomic E-state index is 0.287. The van der Waals surface area contributed by atoms with Crippen LogP contribution in [-0.4, -0.2) is 12.6 Å². The number of nitrogen functional groups attached to an aromatic ring is 1. The molecule has 0 aromatic heterocycles. The molecule has 6 heteroatoms. The van der Waals surface area contributed by atoms with Crippen LogP contribution in [0.1, 0.15) is 17.3 Å². The summed E-state index contributed by atoms with van der Waals surface area (Å²) in [6, 6.07) is 10.4. The average molecular weight is 415 g/mol. The number of hydrogen-bond donors (Lipinski definition) is 1. The number of rotatable bonds is 4. The van der Waals surface area contributed by atoms with E-state index in [4.69, 9.17) is 15.2 Å². The summed E-state index contributed by atoms with van der Waals surface area (Å²) < 4.78 is 12.5. The molecule has 2 aromatic carbocycles. The van der Waals surface area contributed by atoms with Crippen LogP contribution in [0.15, 0.2) is 45.3 Å². The number of anilines is 1. The van der Waals surface area contributed by atoms with Gasteiger partial charge >= 0.3 is 5.97 Å². The highest BCUT2D eigenvalue weighted by Crippen LogP contribution is 2.36. The van der Waals surface area contributed by atoms with Gasteiger partial charge in [-0.15, -0.1) is 0 Å². The lowest BCUT2D eigenvalue weighted by Gasteiger charge is -2.14. The van der Waals surface area contributed by atoms with E-state index in [0.29, 0.717) is 22.7 Å². The highest BCUT2D eigenvalue weighted by Gasteiger charge is 2.17. The zero-order valence-corrected chi connectivity index (χ0v) is 14.4. The van der Waals surface area contributed by atoms with Gasteiger partial charge in [0.25, 0.3) is 0 Å². The van der Waals surface area contributed by atoms with Gasteiger partial charge in [-0.1, -0.05) is 22.0 Å². The molecule has 0 aliphatic heterocycles. The summed E-state index contributed by atoms with van der Waals surface area (Å²) in [7, 11) is 0. The molecule has 0 saturated heterocycles. The van der Waals surface area contributed by atoms with Crippen LogP contribution in [0.4, 0.5) is 5.69 Å². The van der Waals surface area contributed by atoms with Crippen LogP contribution in [0, 0.1) is 0 Å². The van der Waals surface area contributed by atoms with Gasteiger partial charge in [0.15, 0.2) is 5.75 Å². The maximum absolute atomic E-state index is 12.0. The van der Waals surface area contributed by atoms with Gasteiger partial charge in [0, 0.05) is 4.47 Å². The molecule has 0 aliphatic rings. The Balaban J connectivity index is 2.41. The van der Waals surface area contributed by atoms with Crippen molar-refractivity contribution in [2.24, 2.45) is 0 Å². The molecule has 0 atom stereocenters. The van der Waals surface area contributed by atoms with Crippen LogP contribution >= 0.6 is 31.9 Å². The van der Waals surface area contributed by atoms with Crippen LogP contribution in [-0.2, 0) is 4.74 Å². The van der Waals surface area contributed by atoms with Gasteiger partial charge in [-0.3, -0.25) is 0 Å². The minimum Gasteiger partial charge on any atom is -0.462 e. The highest BCUT2D eigenvalue weighted by molar-refractivity contribution is 9.11. The van der Waals surface area contributed by atoms with Crippen LogP contribution < -0.4 is 10.5 Å². The lowest BCUT2D eigenvalue weighted by Crippen LogP contribution is -2.08. The van der Waals surface area contributed by atoms with Crippen LogP contribution in [0.2, 0.25) is 0 Å². The topological polar surface area (TPSA) is 61.5 Å². The predicted octanol–water partition coefficient (Wildman–Crippen LogP) is 4.76. The minimum atomic E-state index is -0.465. The number of benzene rings is 2. The summed E-state index contributed by atoms with van der Waals surface area (Å²) in [5.74, 6) is 0.383. The molecule has 0 heterocycles. The first-order chi connectivity index (χ1) is 10.0. The Morgan fingerprint density at radius 2 is 2.00 bits per heavy atom. The fraction of sp³-hybridized carbons (Fsp3) is 0.133. The molecular weight excluding hydrogens is 402 g/mol. The zero-order chi connectivity index (χ0) is 15.4. The van der Waals surface area contributed by atoms with Gasteiger partial charge in [-0.05, 0) is 53.2 Å². The highest BCUT2D eigenvalue weighted by atomic mass is 79.9. The number of ether oxygens (including phenoxy) is 2. The summed E-state index contributed by atoms with van der Waals surface area (Å²) >= 11 is 6.78. The number of halogens is 2. The number of para-hydroxylation sites is 1. The quantitative estimate of drug-likeness (QED) is 0.578. The monoisotopic (exact) mass is 413 g/mol. The molecule has 21 heavy (non-hydrogen) atoms. The van der Waals surface area contributed by atoms with E-state index in [9.17, 15) is 4.79 Å². The molecule has 0 spiro atoms. The fourth-order valence-electron chi connectivity index (χ4n) is 1.71. The van der Waals surface area contributed by atoms with Crippen molar-refractivity contribution in [2.45, 2.75) is 6.92 Å². The number of carbonyl (C=O) groups is 1. The largest absolute Gasteiger partial charge is 0.462 e. The van der Waals surface area contributed by atoms with Crippen molar-refractivity contribution in [3.05, 3.63) is 50.9 Å². The van der Waals surface area contributed by atoms with Gasteiger partial charge in [0.2, 0.25) is 0 Å². The second-order valence-corrected chi connectivity index (χ2v) is 5.89. The Bertz CT molecular complexity index is 674. The van der Waals surface area contributed by atoms with Gasteiger partial charge in [0.05, 0.1) is 16.8 Å². The zero-order valence-electron chi connectivity index (χ0n) is 11.2. The van der Waals surface area contributed by atoms with Gasteiger partial charge in [-0.25, -0.2) is 4.79 Å². The number of carbonyl (C=O) groups excluding carboxylic acids is 1. The molecule has 0 amide bonds. The number of hydrogen-bond acceptors (Lipinski definition) is 4. The van der Waals surface area contributed by atoms with Crippen molar-refractivity contribution in [1.29, 1.82) is 0 Å². The second kappa shape index (κ2) is 6.95. The van der Waals surface area contributed by atoms with Crippen molar-refractivity contribution in [2.75, 3.05) is 12.3 Å². The summed E-state index contributed by atoms with van der Waals surface area (Å²) in [6.45, 7) is 2.03. The Kier molecular flexibility index (Phi) is 5.25. The molecule has 2 aromatic rings. The van der Waals surface area contributed by atoms with E-state index in [0.717, 1.165) is 8.95 Å². The summed E-state index contributed by atoms with van der Waals surface area (Å²) in [4.78, 5) is 12.0. The predicted molar refractivity (Wildman–Crippen MR) is 88.7 cm³/mol. The first-order valence-electron chi connectivity index (χ1n) is 6.21. The molecule has 0 saturated carbocycles. The molecule has 0 bridgehead atoms. The number of nitrogens with two attached hydrogens (primary N) is 1. The molecule has 0 aliphatic carbocycles. The molecule has 110 valence electrons. The van der Waals surface area contributed by atoms with Crippen LogP contribution in [0.5, 0.6) is 11.5 Å². The third-order valence-corrected chi connectivity index (χ3v) is 3.76. The van der Waals surface area contributed by atoms with Crippen LogP contribution in [0.25, 0.3) is 0 Å². The molecular formula is C15H13Br2NO3. The lowest BCUT2D eigenvalue weighted by atomic mass is 10.1. The third-order valence-electron chi connectivity index (χ3n) is 2.65. The molecule has 0 radical (unpaired) electrons. The molecule has 2 N–H and O–H groups in total. The Morgan fingerprint density at radius 3 is 2.67 bits per heavy atom. The van der Waals surface area contributed by atoms with E-state index >= 15 is 0 Å². The number of esters is 1. The summed E-state index contributed by atoms with van der Waals surface area (Å²) in [6.07, 6.45) is 0. The molecule has 2 rings (SSSR count). The van der Waals surface area contributed by atoms with Gasteiger partial charge in [-0.2, -0.15) is 0 Å². The average Bonchev–Trinajstić information content (AvgIpc) is 2.43. The van der Waals surface area contributed by atoms with Gasteiger partial charge < -0.3 is 15.2 Å². The van der Waals surface area contributed by atoms with Crippen LogP contribution in [0.3, 0.4) is 0 Å². The van der Waals surface area contributed by atoms with E-state index in [1.54, 1.807) is 31.2 Å². The van der Waals surface area contributed by atoms with E-state index < -0.39 is 5.97 Å². The van der Waals surface area contributed by atoms with Crippen molar-refractivity contribution in [3.63, 3.8) is 0 Å². The van der Waals surface area contributed by atoms with Crippen molar-refractivity contribution < 1.29 is 14.3 Å². The first-order valence-corrected chi connectivity index (χ1v) is 7.80. The maximum Gasteiger partial charge on any atom is 0.342 e. The molecule has 4 nitrogen and oxygen atoms in total. The van der Waals surface area contributed by atoms with E-state index in [-0.39, 0.29) is 6.61 Å². The van der Waals surface area contributed by atoms with Crippen molar-refractivity contribution in [3.8, 4) is 11.5 Å². The Morgan fingerprint density at radius 1 is 1.24 bits per heavy atom. The SMILES string of the molecule is CCOC(=O)c1cccc(N)c1Oc1ccc(Br)cc1Br. The summed E-state index contributed by atoms with van der Waals surface area (Å²) in [5, 5.41) is 0. The standard InChI is InChI=1S/C15H13Br2NO3/c1-2-20-15(19)10-4-3-5-12(18)14(10)21-13-7-6-9(16)8-11(13)17/h3-8H,2,18H2,1H3. The lowest BCUT2D eigenvalue weighted by molar-refractivity contribution is 0.0523. The third kappa shape index (κ3) is 3.77. The molecule has 0 fully saturated rings. The smallest absolute Gasteiger partial charge is 0.342 e. The van der Waals surface area contributed by atoms with Crippen molar-refractivity contribution >= 4 is 43.5 Å². The maximum atomic E-state index is 12.0. The van der Waals surface area contributed by atoms with E-state index in [1.165, 1.54) is 0 Å². The van der Waals surface area contributed by atoms with E-state index in [2.05, 4.69) is 31.9 Å².